The van der Waals surface area contributed by atoms with Crippen molar-refractivity contribution in [3.63, 3.8) is 0 Å². The number of ether oxygens (including phenoxy) is 1. The molecule has 0 fully saturated rings. The molecule has 0 aliphatic rings. The molecule has 0 aliphatic heterocycles. The van der Waals surface area contributed by atoms with Crippen molar-refractivity contribution in [1.29, 1.82) is 0 Å². The molecule has 5 nitrogen and oxygen atoms in total. The van der Waals surface area contributed by atoms with Crippen molar-refractivity contribution in [2.75, 3.05) is 13.6 Å². The predicted molar refractivity (Wildman–Crippen MR) is 101 cm³/mol. The first-order chi connectivity index (χ1) is 9.81. The highest BCUT2D eigenvalue weighted by atomic mass is 127. The summed E-state index contributed by atoms with van der Waals surface area (Å²) in [4.78, 5) is 15.7. The number of aryl methyl sites for hydroxylation is 1. The smallest absolute Gasteiger partial charge is 0.325 e. The van der Waals surface area contributed by atoms with Crippen LogP contribution in [0.5, 0.6) is 0 Å². The van der Waals surface area contributed by atoms with Gasteiger partial charge in [-0.3, -0.25) is 9.79 Å². The molecule has 22 heavy (non-hydrogen) atoms. The van der Waals surface area contributed by atoms with Crippen LogP contribution in [0, 0.1) is 6.92 Å². The van der Waals surface area contributed by atoms with Crippen LogP contribution in [0.25, 0.3) is 0 Å². The summed E-state index contributed by atoms with van der Waals surface area (Å²) < 4.78 is 5.23. The van der Waals surface area contributed by atoms with E-state index in [2.05, 4.69) is 34.7 Å². The van der Waals surface area contributed by atoms with Gasteiger partial charge in [0, 0.05) is 13.6 Å². The monoisotopic (exact) mass is 419 g/mol. The lowest BCUT2D eigenvalue weighted by molar-refractivity contribution is -0.153. The lowest BCUT2D eigenvalue weighted by Crippen LogP contribution is -2.41. The molecule has 1 aromatic carbocycles. The second-order valence-corrected chi connectivity index (χ2v) is 5.79. The maximum atomic E-state index is 11.6. The van der Waals surface area contributed by atoms with Crippen molar-refractivity contribution in [2.24, 2.45) is 4.99 Å². The minimum absolute atomic E-state index is 0. The highest BCUT2D eigenvalue weighted by Crippen LogP contribution is 2.07. The summed E-state index contributed by atoms with van der Waals surface area (Å²) in [6.45, 7) is 8.34. The van der Waals surface area contributed by atoms with Crippen LogP contribution < -0.4 is 10.6 Å². The number of nitrogens with zero attached hydrogens (tertiary/aromatic N) is 1. The lowest BCUT2D eigenvalue weighted by atomic mass is 10.1. The summed E-state index contributed by atoms with van der Waals surface area (Å²) in [6.07, 6.45) is 0. The fraction of sp³-hybridized carbons (Fsp3) is 0.500. The normalized spacial score (nSPS) is 11.4. The average Bonchev–Trinajstić information content (AvgIpc) is 2.38. The molecular weight excluding hydrogens is 393 g/mol. The van der Waals surface area contributed by atoms with Crippen molar-refractivity contribution in [1.82, 2.24) is 10.6 Å². The van der Waals surface area contributed by atoms with Crippen LogP contribution in [-0.4, -0.2) is 31.1 Å². The van der Waals surface area contributed by atoms with E-state index in [4.69, 9.17) is 4.74 Å². The van der Waals surface area contributed by atoms with Crippen molar-refractivity contribution in [2.45, 2.75) is 39.8 Å². The molecule has 0 heterocycles. The largest absolute Gasteiger partial charge is 0.459 e. The van der Waals surface area contributed by atoms with Crippen LogP contribution in [0.15, 0.2) is 29.3 Å². The number of carbonyl (C=O) groups is 1. The molecule has 0 atom stereocenters. The lowest BCUT2D eigenvalue weighted by Gasteiger charge is -2.20. The first-order valence-electron chi connectivity index (χ1n) is 7.02. The third kappa shape index (κ3) is 8.21. The number of hydrogen-bond acceptors (Lipinski definition) is 3. The van der Waals surface area contributed by atoms with Gasteiger partial charge in [-0.15, -0.1) is 24.0 Å². The number of nitrogens with one attached hydrogen (secondary N) is 2. The molecule has 0 unspecified atom stereocenters. The van der Waals surface area contributed by atoms with Gasteiger partial charge in [-0.1, -0.05) is 24.3 Å². The van der Waals surface area contributed by atoms with Gasteiger partial charge in [-0.25, -0.2) is 0 Å². The maximum Gasteiger partial charge on any atom is 0.325 e. The molecular formula is C16H26IN3O2. The van der Waals surface area contributed by atoms with Gasteiger partial charge in [0.25, 0.3) is 0 Å². The van der Waals surface area contributed by atoms with Crippen molar-refractivity contribution >= 4 is 35.9 Å². The molecule has 0 bridgehead atoms. The van der Waals surface area contributed by atoms with E-state index >= 15 is 0 Å². The number of guanidine groups is 1. The van der Waals surface area contributed by atoms with E-state index in [0.29, 0.717) is 12.5 Å². The summed E-state index contributed by atoms with van der Waals surface area (Å²) in [5, 5.41) is 6.12. The molecule has 0 aromatic heterocycles. The molecule has 6 heteroatoms. The fourth-order valence-electron chi connectivity index (χ4n) is 1.74. The third-order valence-corrected chi connectivity index (χ3v) is 2.75. The number of halogens is 1. The second-order valence-electron chi connectivity index (χ2n) is 5.79. The van der Waals surface area contributed by atoms with Gasteiger partial charge in [0.2, 0.25) is 0 Å². The van der Waals surface area contributed by atoms with Gasteiger partial charge < -0.3 is 15.4 Å². The molecule has 0 radical (unpaired) electrons. The van der Waals surface area contributed by atoms with Gasteiger partial charge >= 0.3 is 5.97 Å². The molecule has 1 aromatic rings. The Morgan fingerprint density at radius 1 is 1.23 bits per heavy atom. The minimum Gasteiger partial charge on any atom is -0.459 e. The van der Waals surface area contributed by atoms with E-state index in [1.165, 1.54) is 11.1 Å². The SMILES string of the molecule is CN=C(NCC(=O)OC(C)(C)C)NCc1ccccc1C.I. The molecule has 0 spiro atoms. The molecule has 0 saturated heterocycles. The second kappa shape index (κ2) is 9.66. The van der Waals surface area contributed by atoms with Crippen LogP contribution in [0.4, 0.5) is 0 Å². The van der Waals surface area contributed by atoms with Gasteiger partial charge in [0.05, 0.1) is 0 Å². The first kappa shape index (κ1) is 20.7. The number of carbonyl (C=O) groups excluding carboxylic acids is 1. The Morgan fingerprint density at radius 2 is 1.86 bits per heavy atom. The molecule has 0 saturated carbocycles. The van der Waals surface area contributed by atoms with Gasteiger partial charge in [0.15, 0.2) is 5.96 Å². The van der Waals surface area contributed by atoms with Crippen LogP contribution in [0.1, 0.15) is 31.9 Å². The summed E-state index contributed by atoms with van der Waals surface area (Å²) in [5.74, 6) is 0.269. The Balaban J connectivity index is 0.00000441. The Bertz CT molecular complexity index is 510. The molecule has 1 rings (SSSR count). The minimum atomic E-state index is -0.475. The van der Waals surface area contributed by atoms with E-state index in [0.717, 1.165) is 0 Å². The Labute approximate surface area is 149 Å². The first-order valence-corrected chi connectivity index (χ1v) is 7.02. The topological polar surface area (TPSA) is 62.7 Å². The predicted octanol–water partition coefficient (Wildman–Crippen LogP) is 2.62. The van der Waals surface area contributed by atoms with Crippen molar-refractivity contribution in [3.8, 4) is 0 Å². The number of benzene rings is 1. The maximum absolute atomic E-state index is 11.6. The number of esters is 1. The van der Waals surface area contributed by atoms with Crippen LogP contribution >= 0.6 is 24.0 Å². The van der Waals surface area contributed by atoms with E-state index in [-0.39, 0.29) is 36.5 Å². The zero-order valence-corrected chi connectivity index (χ0v) is 16.2. The highest BCUT2D eigenvalue weighted by molar-refractivity contribution is 14.0. The van der Waals surface area contributed by atoms with Crippen LogP contribution in [-0.2, 0) is 16.1 Å². The van der Waals surface area contributed by atoms with Crippen LogP contribution in [0.2, 0.25) is 0 Å². The Morgan fingerprint density at radius 3 is 2.41 bits per heavy atom. The zero-order valence-electron chi connectivity index (χ0n) is 13.9. The van der Waals surface area contributed by atoms with E-state index in [1.54, 1.807) is 7.05 Å². The van der Waals surface area contributed by atoms with Crippen LogP contribution in [0.3, 0.4) is 0 Å². The van der Waals surface area contributed by atoms with Gasteiger partial charge in [0.1, 0.15) is 12.1 Å². The third-order valence-electron chi connectivity index (χ3n) is 2.75. The zero-order chi connectivity index (χ0) is 15.9. The molecule has 2 N–H and O–H groups in total. The van der Waals surface area contributed by atoms with Gasteiger partial charge in [-0.05, 0) is 38.8 Å². The van der Waals surface area contributed by atoms with E-state index in [1.807, 2.05) is 32.9 Å². The highest BCUT2D eigenvalue weighted by Gasteiger charge is 2.16. The summed E-state index contributed by atoms with van der Waals surface area (Å²) >= 11 is 0. The quantitative estimate of drug-likeness (QED) is 0.341. The van der Waals surface area contributed by atoms with Crippen molar-refractivity contribution in [3.05, 3.63) is 35.4 Å². The Hall–Kier alpha value is -1.31. The Kier molecular flexibility index (Phi) is 9.08. The summed E-state index contributed by atoms with van der Waals surface area (Å²) in [7, 11) is 1.67. The molecule has 0 aliphatic carbocycles. The van der Waals surface area contributed by atoms with E-state index < -0.39 is 5.60 Å². The number of hydrogen-bond donors (Lipinski definition) is 2. The summed E-state index contributed by atoms with van der Waals surface area (Å²) in [6, 6.07) is 8.13. The number of rotatable bonds is 4. The van der Waals surface area contributed by atoms with Crippen molar-refractivity contribution < 1.29 is 9.53 Å². The van der Waals surface area contributed by atoms with E-state index in [9.17, 15) is 4.79 Å². The standard InChI is InChI=1S/C16H25N3O2.HI/c1-12-8-6-7-9-13(12)10-18-15(17-5)19-11-14(20)21-16(2,3)4;/h6-9H,10-11H2,1-5H3,(H2,17,18,19);1H. The average molecular weight is 419 g/mol. The molecule has 124 valence electrons. The summed E-state index contributed by atoms with van der Waals surface area (Å²) in [5.41, 5.74) is 1.93. The fourth-order valence-corrected chi connectivity index (χ4v) is 1.74. The number of aliphatic imine (C=N–C) groups is 1. The van der Waals surface area contributed by atoms with Gasteiger partial charge in [-0.2, -0.15) is 0 Å². The molecule has 0 amide bonds.